The van der Waals surface area contributed by atoms with Gasteiger partial charge in [0, 0.05) is 12.1 Å². The monoisotopic (exact) mass is 223 g/mol. The molecule has 0 heterocycles. The molecule has 4 nitrogen and oxygen atoms in total. The summed E-state index contributed by atoms with van der Waals surface area (Å²) in [4.78, 5) is 13.7. The van der Waals surface area contributed by atoms with Gasteiger partial charge >= 0.3 is 0 Å². The van der Waals surface area contributed by atoms with Gasteiger partial charge in [-0.1, -0.05) is 5.92 Å². The molecule has 0 aliphatic heterocycles. The molecular weight excluding hydrogens is 202 g/mol. The number of rotatable bonds is 6. The number of hydrogen-bond acceptors (Lipinski definition) is 3. The van der Waals surface area contributed by atoms with Crippen molar-refractivity contribution in [2.75, 3.05) is 33.7 Å². The van der Waals surface area contributed by atoms with E-state index < -0.39 is 0 Å². The average Bonchev–Trinajstić information content (AvgIpc) is 2.16. The Bertz CT molecular complexity index is 276. The summed E-state index contributed by atoms with van der Waals surface area (Å²) in [6, 6.07) is 0. The number of amides is 1. The van der Waals surface area contributed by atoms with E-state index in [0.29, 0.717) is 13.1 Å². The minimum atomic E-state index is 0.0170. The van der Waals surface area contributed by atoms with Gasteiger partial charge in [-0.05, 0) is 33.4 Å². The fourth-order valence-corrected chi connectivity index (χ4v) is 1.94. The van der Waals surface area contributed by atoms with Crippen LogP contribution in [-0.2, 0) is 4.79 Å². The summed E-state index contributed by atoms with van der Waals surface area (Å²) in [6.45, 7) is 1.47. The molecule has 1 rings (SSSR count). The van der Waals surface area contributed by atoms with Gasteiger partial charge in [-0.15, -0.1) is 6.42 Å². The van der Waals surface area contributed by atoms with Crippen LogP contribution in [0.4, 0.5) is 0 Å². The maximum atomic E-state index is 11.5. The molecule has 1 saturated carbocycles. The molecule has 1 fully saturated rings. The van der Waals surface area contributed by atoms with Gasteiger partial charge < -0.3 is 10.2 Å². The number of hydrogen-bond donors (Lipinski definition) is 2. The Labute approximate surface area is 97.8 Å². The molecular formula is C12H21N3O. The van der Waals surface area contributed by atoms with Crippen LogP contribution >= 0.6 is 0 Å². The van der Waals surface area contributed by atoms with Crippen LogP contribution in [0.1, 0.15) is 19.3 Å². The lowest BCUT2D eigenvalue weighted by Gasteiger charge is -2.47. The van der Waals surface area contributed by atoms with Crippen LogP contribution in [-0.4, -0.2) is 50.1 Å². The number of likely N-dealkylation sites (N-methyl/N-ethyl adjacent to an activating group) is 1. The van der Waals surface area contributed by atoms with E-state index in [4.69, 9.17) is 6.42 Å². The first-order valence-corrected chi connectivity index (χ1v) is 5.69. The standard InChI is InChI=1S/C12H21N3O/c1-4-8-13-9-11(16)14-10-12(15(2)3)6-5-7-12/h1,13H,5-10H2,2-3H3,(H,14,16). The van der Waals surface area contributed by atoms with Crippen molar-refractivity contribution in [2.24, 2.45) is 0 Å². The van der Waals surface area contributed by atoms with Crippen molar-refractivity contribution in [1.82, 2.24) is 15.5 Å². The maximum absolute atomic E-state index is 11.5. The van der Waals surface area contributed by atoms with Crippen molar-refractivity contribution < 1.29 is 4.79 Å². The highest BCUT2D eigenvalue weighted by Gasteiger charge is 2.38. The lowest BCUT2D eigenvalue weighted by molar-refractivity contribution is -0.121. The summed E-state index contributed by atoms with van der Waals surface area (Å²) in [5.74, 6) is 2.45. The SMILES string of the molecule is C#CCNCC(=O)NCC1(N(C)C)CCC1. The largest absolute Gasteiger partial charge is 0.353 e. The van der Waals surface area contributed by atoms with E-state index in [1.807, 2.05) is 0 Å². The quantitative estimate of drug-likeness (QED) is 0.484. The van der Waals surface area contributed by atoms with E-state index >= 15 is 0 Å². The first kappa shape index (κ1) is 13.0. The van der Waals surface area contributed by atoms with Gasteiger partial charge in [0.2, 0.25) is 5.91 Å². The number of carbonyl (C=O) groups excluding carboxylic acids is 1. The fraction of sp³-hybridized carbons (Fsp3) is 0.750. The second-order valence-corrected chi connectivity index (χ2v) is 4.56. The van der Waals surface area contributed by atoms with Crippen LogP contribution in [0.15, 0.2) is 0 Å². The highest BCUT2D eigenvalue weighted by Crippen LogP contribution is 2.35. The molecule has 0 radical (unpaired) electrons. The van der Waals surface area contributed by atoms with Gasteiger partial charge in [0.05, 0.1) is 13.1 Å². The molecule has 16 heavy (non-hydrogen) atoms. The van der Waals surface area contributed by atoms with Gasteiger partial charge in [-0.25, -0.2) is 0 Å². The van der Waals surface area contributed by atoms with Crippen LogP contribution < -0.4 is 10.6 Å². The normalized spacial score (nSPS) is 17.6. The molecule has 0 saturated heterocycles. The zero-order valence-electron chi connectivity index (χ0n) is 10.2. The first-order chi connectivity index (χ1) is 7.60. The first-order valence-electron chi connectivity index (χ1n) is 5.69. The van der Waals surface area contributed by atoms with Crippen molar-refractivity contribution in [2.45, 2.75) is 24.8 Å². The maximum Gasteiger partial charge on any atom is 0.234 e. The zero-order valence-corrected chi connectivity index (χ0v) is 10.2. The second-order valence-electron chi connectivity index (χ2n) is 4.56. The van der Waals surface area contributed by atoms with Crippen molar-refractivity contribution in [3.05, 3.63) is 0 Å². The van der Waals surface area contributed by atoms with E-state index in [-0.39, 0.29) is 11.4 Å². The van der Waals surface area contributed by atoms with Gasteiger partial charge in [-0.2, -0.15) is 0 Å². The molecule has 0 unspecified atom stereocenters. The Balaban J connectivity index is 2.23. The van der Waals surface area contributed by atoms with Gasteiger partial charge in [-0.3, -0.25) is 10.1 Å². The molecule has 1 aliphatic carbocycles. The molecule has 0 aromatic heterocycles. The zero-order chi connectivity index (χ0) is 12.0. The van der Waals surface area contributed by atoms with Gasteiger partial charge in [0.25, 0.3) is 0 Å². The number of nitrogens with zero attached hydrogens (tertiary/aromatic N) is 1. The van der Waals surface area contributed by atoms with Crippen LogP contribution in [0.5, 0.6) is 0 Å². The summed E-state index contributed by atoms with van der Waals surface area (Å²) in [5.41, 5.74) is 0.182. The third-order valence-corrected chi connectivity index (χ3v) is 3.36. The second kappa shape index (κ2) is 5.88. The lowest BCUT2D eigenvalue weighted by Crippen LogP contribution is -2.57. The van der Waals surface area contributed by atoms with Crippen LogP contribution in [0.25, 0.3) is 0 Å². The van der Waals surface area contributed by atoms with Gasteiger partial charge in [0.15, 0.2) is 0 Å². The molecule has 1 amide bonds. The Morgan fingerprint density at radius 1 is 1.50 bits per heavy atom. The van der Waals surface area contributed by atoms with E-state index in [0.717, 1.165) is 19.4 Å². The minimum Gasteiger partial charge on any atom is -0.353 e. The lowest BCUT2D eigenvalue weighted by atomic mass is 9.75. The molecule has 0 spiro atoms. The van der Waals surface area contributed by atoms with E-state index in [1.54, 1.807) is 0 Å². The van der Waals surface area contributed by atoms with E-state index in [9.17, 15) is 4.79 Å². The van der Waals surface area contributed by atoms with E-state index in [1.165, 1.54) is 6.42 Å². The smallest absolute Gasteiger partial charge is 0.234 e. The molecule has 2 N–H and O–H groups in total. The molecule has 90 valence electrons. The average molecular weight is 223 g/mol. The van der Waals surface area contributed by atoms with Crippen molar-refractivity contribution in [1.29, 1.82) is 0 Å². The topological polar surface area (TPSA) is 44.4 Å². The van der Waals surface area contributed by atoms with Crippen molar-refractivity contribution in [3.8, 4) is 12.3 Å². The summed E-state index contributed by atoms with van der Waals surface area (Å²) in [5, 5.41) is 5.83. The Kier molecular flexibility index (Phi) is 4.78. The number of carbonyl (C=O) groups is 1. The highest BCUT2D eigenvalue weighted by atomic mass is 16.1. The molecule has 0 atom stereocenters. The summed E-state index contributed by atoms with van der Waals surface area (Å²) >= 11 is 0. The van der Waals surface area contributed by atoms with Crippen molar-refractivity contribution >= 4 is 5.91 Å². The highest BCUT2D eigenvalue weighted by molar-refractivity contribution is 5.78. The molecule has 1 aliphatic rings. The van der Waals surface area contributed by atoms with Crippen LogP contribution in [0.2, 0.25) is 0 Å². The fourth-order valence-electron chi connectivity index (χ4n) is 1.94. The molecule has 0 aromatic carbocycles. The minimum absolute atomic E-state index is 0.0170. The number of nitrogens with one attached hydrogen (secondary N) is 2. The Hall–Kier alpha value is -1.05. The van der Waals surface area contributed by atoms with Crippen LogP contribution in [0, 0.1) is 12.3 Å². The van der Waals surface area contributed by atoms with Crippen LogP contribution in [0.3, 0.4) is 0 Å². The van der Waals surface area contributed by atoms with Crippen molar-refractivity contribution in [3.63, 3.8) is 0 Å². The summed E-state index contributed by atoms with van der Waals surface area (Å²) in [7, 11) is 4.14. The number of terminal acetylenes is 1. The molecule has 0 aromatic rings. The Morgan fingerprint density at radius 3 is 2.62 bits per heavy atom. The van der Waals surface area contributed by atoms with E-state index in [2.05, 4.69) is 35.5 Å². The molecule has 0 bridgehead atoms. The predicted octanol–water partition coefficient (Wildman–Crippen LogP) is -0.190. The summed E-state index contributed by atoms with van der Waals surface area (Å²) < 4.78 is 0. The predicted molar refractivity (Wildman–Crippen MR) is 65.0 cm³/mol. The van der Waals surface area contributed by atoms with Gasteiger partial charge in [0.1, 0.15) is 0 Å². The Morgan fingerprint density at radius 2 is 2.19 bits per heavy atom. The third-order valence-electron chi connectivity index (χ3n) is 3.36. The summed E-state index contributed by atoms with van der Waals surface area (Å²) in [6.07, 6.45) is 8.66. The molecule has 4 heteroatoms. The third kappa shape index (κ3) is 3.22.